The van der Waals surface area contributed by atoms with Gasteiger partial charge in [0.2, 0.25) is 0 Å². The van der Waals surface area contributed by atoms with Crippen LogP contribution in [0.4, 0.5) is 4.39 Å². The highest BCUT2D eigenvalue weighted by molar-refractivity contribution is 6.34. The van der Waals surface area contributed by atoms with Crippen LogP contribution in [0.5, 0.6) is 0 Å². The molecule has 0 saturated carbocycles. The number of carbonyl (C=O) groups excluding carboxylic acids is 2. The molecule has 38 heavy (non-hydrogen) atoms. The molecule has 0 radical (unpaired) electrons. The number of morpholine rings is 1. The SMILES string of the molecule is O=C(c1ccco1)N(CCN1CCOCC1)CC(=O)N1N=C(c2ccccc2Cl)CC1c1ccccc1F. The van der Waals surface area contributed by atoms with E-state index in [0.29, 0.717) is 48.2 Å². The van der Waals surface area contributed by atoms with Gasteiger partial charge in [-0.15, -0.1) is 0 Å². The molecule has 2 aliphatic heterocycles. The molecule has 2 aromatic carbocycles. The maximum Gasteiger partial charge on any atom is 0.290 e. The van der Waals surface area contributed by atoms with Crippen molar-refractivity contribution >= 4 is 29.1 Å². The van der Waals surface area contributed by atoms with Gasteiger partial charge in [-0.2, -0.15) is 5.10 Å². The fraction of sp³-hybridized carbons (Fsp3) is 0.321. The van der Waals surface area contributed by atoms with Crippen molar-refractivity contribution < 1.29 is 23.1 Å². The average Bonchev–Trinajstić information content (AvgIpc) is 3.63. The normalized spacial score (nSPS) is 17.9. The first-order valence-corrected chi connectivity index (χ1v) is 12.9. The van der Waals surface area contributed by atoms with E-state index in [1.807, 2.05) is 18.2 Å². The molecule has 1 atom stereocenters. The lowest BCUT2D eigenvalue weighted by Gasteiger charge is -2.30. The molecule has 198 valence electrons. The number of benzene rings is 2. The van der Waals surface area contributed by atoms with Gasteiger partial charge in [-0.25, -0.2) is 9.40 Å². The van der Waals surface area contributed by atoms with E-state index >= 15 is 0 Å². The second-order valence-corrected chi connectivity index (χ2v) is 9.57. The summed E-state index contributed by atoms with van der Waals surface area (Å²) in [6, 6.07) is 16.1. The van der Waals surface area contributed by atoms with Crippen LogP contribution in [0.15, 0.2) is 76.4 Å². The topological polar surface area (TPSA) is 78.6 Å². The summed E-state index contributed by atoms with van der Waals surface area (Å²) in [5.41, 5.74) is 1.61. The summed E-state index contributed by atoms with van der Waals surface area (Å²) in [4.78, 5) is 30.7. The van der Waals surface area contributed by atoms with Crippen molar-refractivity contribution in [3.63, 3.8) is 0 Å². The van der Waals surface area contributed by atoms with E-state index in [9.17, 15) is 14.0 Å². The van der Waals surface area contributed by atoms with Crippen molar-refractivity contribution in [2.45, 2.75) is 12.5 Å². The lowest BCUT2D eigenvalue weighted by Crippen LogP contribution is -2.46. The van der Waals surface area contributed by atoms with E-state index < -0.39 is 23.7 Å². The van der Waals surface area contributed by atoms with Crippen LogP contribution in [0.25, 0.3) is 0 Å². The van der Waals surface area contributed by atoms with E-state index in [-0.39, 0.29) is 18.7 Å². The molecule has 0 aliphatic carbocycles. The molecule has 0 bridgehead atoms. The summed E-state index contributed by atoms with van der Waals surface area (Å²) < 4.78 is 25.6. The number of hydrazone groups is 1. The Morgan fingerprint density at radius 3 is 2.55 bits per heavy atom. The number of hydrogen-bond donors (Lipinski definition) is 0. The third kappa shape index (κ3) is 5.80. The Morgan fingerprint density at radius 2 is 1.82 bits per heavy atom. The minimum atomic E-state index is -0.671. The Bertz CT molecular complexity index is 1310. The summed E-state index contributed by atoms with van der Waals surface area (Å²) in [6.45, 7) is 3.41. The lowest BCUT2D eigenvalue weighted by molar-refractivity contribution is -0.133. The molecular weight excluding hydrogens is 511 g/mol. The standard InChI is InChI=1S/C28H28ClFN4O4/c29-22-8-3-1-6-20(22)24-18-25(21-7-2-4-9-23(21)30)34(31-24)27(35)19-33(28(36)26-10-5-15-38-26)12-11-32-13-16-37-17-14-32/h1-10,15,25H,11-14,16-19H2. The van der Waals surface area contributed by atoms with E-state index in [0.717, 1.165) is 13.1 Å². The number of hydrogen-bond acceptors (Lipinski definition) is 6. The van der Waals surface area contributed by atoms with Gasteiger partial charge in [0, 0.05) is 48.7 Å². The molecular formula is C28H28ClFN4O4. The van der Waals surface area contributed by atoms with E-state index in [4.69, 9.17) is 20.8 Å². The summed E-state index contributed by atoms with van der Waals surface area (Å²) >= 11 is 6.42. The second kappa shape index (κ2) is 11.9. The third-order valence-electron chi connectivity index (χ3n) is 6.75. The van der Waals surface area contributed by atoms with Crippen LogP contribution in [-0.4, -0.2) is 78.3 Å². The number of amides is 2. The van der Waals surface area contributed by atoms with Crippen LogP contribution < -0.4 is 0 Å². The van der Waals surface area contributed by atoms with Gasteiger partial charge >= 0.3 is 0 Å². The van der Waals surface area contributed by atoms with Crippen LogP contribution in [-0.2, 0) is 9.53 Å². The van der Waals surface area contributed by atoms with Crippen molar-refractivity contribution in [2.75, 3.05) is 45.9 Å². The molecule has 1 aromatic heterocycles. The van der Waals surface area contributed by atoms with E-state index in [1.54, 1.807) is 36.4 Å². The van der Waals surface area contributed by atoms with Crippen molar-refractivity contribution in [1.82, 2.24) is 14.8 Å². The van der Waals surface area contributed by atoms with Crippen LogP contribution in [0.1, 0.15) is 34.1 Å². The van der Waals surface area contributed by atoms with Gasteiger partial charge in [-0.05, 0) is 24.3 Å². The number of nitrogens with zero attached hydrogens (tertiary/aromatic N) is 4. The van der Waals surface area contributed by atoms with Crippen LogP contribution in [0, 0.1) is 5.82 Å². The Kier molecular flexibility index (Phi) is 8.17. The van der Waals surface area contributed by atoms with E-state index in [2.05, 4.69) is 10.0 Å². The number of halogens is 2. The molecule has 0 spiro atoms. The molecule has 3 aromatic rings. The smallest absolute Gasteiger partial charge is 0.290 e. The molecule has 10 heteroatoms. The van der Waals surface area contributed by atoms with Crippen molar-refractivity contribution in [2.24, 2.45) is 5.10 Å². The highest BCUT2D eigenvalue weighted by Crippen LogP contribution is 2.35. The Labute approximate surface area is 225 Å². The maximum atomic E-state index is 14.9. The minimum absolute atomic E-state index is 0.145. The maximum absolute atomic E-state index is 14.9. The highest BCUT2D eigenvalue weighted by atomic mass is 35.5. The van der Waals surface area contributed by atoms with Gasteiger partial charge in [0.1, 0.15) is 12.4 Å². The Balaban J connectivity index is 1.41. The van der Waals surface area contributed by atoms with Gasteiger partial charge < -0.3 is 14.1 Å². The second-order valence-electron chi connectivity index (χ2n) is 9.16. The van der Waals surface area contributed by atoms with Crippen LogP contribution >= 0.6 is 11.6 Å². The van der Waals surface area contributed by atoms with Gasteiger partial charge in [0.25, 0.3) is 11.8 Å². The first kappa shape index (κ1) is 26.1. The predicted molar refractivity (Wildman–Crippen MR) is 140 cm³/mol. The fourth-order valence-corrected chi connectivity index (χ4v) is 4.96. The number of carbonyl (C=O) groups is 2. The van der Waals surface area contributed by atoms with Crippen molar-refractivity contribution in [3.8, 4) is 0 Å². The molecule has 1 saturated heterocycles. The van der Waals surface area contributed by atoms with Gasteiger partial charge in [-0.1, -0.05) is 48.0 Å². The van der Waals surface area contributed by atoms with Gasteiger partial charge in [0.15, 0.2) is 5.76 Å². The lowest BCUT2D eigenvalue weighted by atomic mass is 9.98. The largest absolute Gasteiger partial charge is 0.459 e. The summed E-state index contributed by atoms with van der Waals surface area (Å²) in [7, 11) is 0. The number of ether oxygens (including phenoxy) is 1. The van der Waals surface area contributed by atoms with E-state index in [1.165, 1.54) is 22.2 Å². The molecule has 1 unspecified atom stereocenters. The zero-order chi connectivity index (χ0) is 26.5. The van der Waals surface area contributed by atoms with Crippen LogP contribution in [0.2, 0.25) is 5.02 Å². The Hall–Kier alpha value is -3.53. The van der Waals surface area contributed by atoms with Crippen LogP contribution in [0.3, 0.4) is 0 Å². The molecule has 8 nitrogen and oxygen atoms in total. The average molecular weight is 539 g/mol. The number of furan rings is 1. The van der Waals surface area contributed by atoms with Crippen molar-refractivity contribution in [3.05, 3.63) is 94.7 Å². The fourth-order valence-electron chi connectivity index (χ4n) is 4.72. The molecule has 3 heterocycles. The first-order chi connectivity index (χ1) is 18.5. The molecule has 5 rings (SSSR count). The minimum Gasteiger partial charge on any atom is -0.459 e. The molecule has 0 N–H and O–H groups in total. The highest BCUT2D eigenvalue weighted by Gasteiger charge is 2.36. The van der Waals surface area contributed by atoms with Gasteiger partial charge in [0.05, 0.1) is 31.2 Å². The number of rotatable bonds is 8. The van der Waals surface area contributed by atoms with Gasteiger partial charge in [-0.3, -0.25) is 14.5 Å². The zero-order valence-electron chi connectivity index (χ0n) is 20.8. The van der Waals surface area contributed by atoms with Crippen molar-refractivity contribution in [1.29, 1.82) is 0 Å². The molecule has 1 fully saturated rings. The Morgan fingerprint density at radius 1 is 1.05 bits per heavy atom. The monoisotopic (exact) mass is 538 g/mol. The third-order valence-corrected chi connectivity index (χ3v) is 7.08. The summed E-state index contributed by atoms with van der Waals surface area (Å²) in [5, 5.41) is 6.38. The zero-order valence-corrected chi connectivity index (χ0v) is 21.5. The predicted octanol–water partition coefficient (Wildman–Crippen LogP) is 4.22. The molecule has 2 aliphatic rings. The summed E-state index contributed by atoms with van der Waals surface area (Å²) in [5.74, 6) is -1.11. The first-order valence-electron chi connectivity index (χ1n) is 12.5. The summed E-state index contributed by atoms with van der Waals surface area (Å²) in [6.07, 6.45) is 1.71. The quantitative estimate of drug-likeness (QED) is 0.429. The molecule has 2 amide bonds.